The summed E-state index contributed by atoms with van der Waals surface area (Å²) >= 11 is 1.57. The highest BCUT2D eigenvalue weighted by atomic mass is 32.1. The summed E-state index contributed by atoms with van der Waals surface area (Å²) in [5.74, 6) is 0.471. The van der Waals surface area contributed by atoms with E-state index in [-0.39, 0.29) is 18.7 Å². The van der Waals surface area contributed by atoms with Gasteiger partial charge in [-0.3, -0.25) is 0 Å². The summed E-state index contributed by atoms with van der Waals surface area (Å²) in [6, 6.07) is 9.66. The molecule has 0 aliphatic heterocycles. The molecule has 2 rings (SSSR count). The van der Waals surface area contributed by atoms with Gasteiger partial charge in [0.15, 0.2) is 0 Å². The van der Waals surface area contributed by atoms with Crippen molar-refractivity contribution in [3.63, 3.8) is 0 Å². The summed E-state index contributed by atoms with van der Waals surface area (Å²) in [5.41, 5.74) is 0.985. The molecule has 0 saturated carbocycles. The van der Waals surface area contributed by atoms with Crippen LogP contribution in [-0.2, 0) is 11.3 Å². The van der Waals surface area contributed by atoms with Crippen LogP contribution in [0.25, 0.3) is 0 Å². The Morgan fingerprint density at radius 2 is 2.05 bits per heavy atom. The van der Waals surface area contributed by atoms with Gasteiger partial charge in [-0.2, -0.15) is 0 Å². The molecule has 4 nitrogen and oxygen atoms in total. The number of aromatic nitrogens is 1. The van der Waals surface area contributed by atoms with E-state index in [2.05, 4.69) is 18.8 Å². The van der Waals surface area contributed by atoms with E-state index in [1.807, 2.05) is 35.7 Å². The van der Waals surface area contributed by atoms with Crippen molar-refractivity contribution in [1.29, 1.82) is 0 Å². The van der Waals surface area contributed by atoms with Crippen molar-refractivity contribution in [3.05, 3.63) is 52.5 Å². The number of rotatable bonds is 6. The number of thiazole rings is 1. The number of ether oxygens (including phenoxy) is 1. The molecule has 2 aromatic rings. The van der Waals surface area contributed by atoms with Crippen molar-refractivity contribution in [2.75, 3.05) is 7.05 Å². The minimum Gasteiger partial charge on any atom is -0.445 e. The Kier molecular flexibility index (Phi) is 5.95. The number of hydrogen-bond donors (Lipinski definition) is 0. The maximum Gasteiger partial charge on any atom is 0.410 e. The van der Waals surface area contributed by atoms with Gasteiger partial charge >= 0.3 is 6.09 Å². The van der Waals surface area contributed by atoms with Gasteiger partial charge in [-0.25, -0.2) is 9.78 Å². The summed E-state index contributed by atoms with van der Waals surface area (Å²) in [6.07, 6.45) is 2.32. The van der Waals surface area contributed by atoms with Gasteiger partial charge in [0.2, 0.25) is 0 Å². The van der Waals surface area contributed by atoms with Crippen molar-refractivity contribution in [1.82, 2.24) is 9.88 Å². The Hall–Kier alpha value is -1.88. The molecule has 1 heterocycles. The molecule has 0 saturated heterocycles. The summed E-state index contributed by atoms with van der Waals surface area (Å²) in [7, 11) is 1.78. The van der Waals surface area contributed by atoms with Crippen LogP contribution in [-0.4, -0.2) is 23.0 Å². The topological polar surface area (TPSA) is 42.4 Å². The third kappa shape index (κ3) is 4.56. The van der Waals surface area contributed by atoms with Crippen molar-refractivity contribution in [3.8, 4) is 0 Å². The molecular formula is C17H22N2O2S. The first-order valence-corrected chi connectivity index (χ1v) is 8.28. The summed E-state index contributed by atoms with van der Waals surface area (Å²) in [5, 5.41) is 2.89. The van der Waals surface area contributed by atoms with Gasteiger partial charge < -0.3 is 9.64 Å². The number of amides is 1. The van der Waals surface area contributed by atoms with E-state index in [0.29, 0.717) is 5.92 Å². The van der Waals surface area contributed by atoms with Crippen LogP contribution in [0.5, 0.6) is 0 Å². The van der Waals surface area contributed by atoms with E-state index in [9.17, 15) is 4.79 Å². The molecule has 0 fully saturated rings. The molecule has 0 radical (unpaired) electrons. The largest absolute Gasteiger partial charge is 0.445 e. The molecule has 118 valence electrons. The number of carbonyl (C=O) groups excluding carboxylic acids is 1. The molecule has 1 aromatic heterocycles. The predicted molar refractivity (Wildman–Crippen MR) is 88.7 cm³/mol. The zero-order chi connectivity index (χ0) is 15.9. The van der Waals surface area contributed by atoms with Gasteiger partial charge in [0.1, 0.15) is 11.6 Å². The minimum absolute atomic E-state index is 0.0386. The molecule has 22 heavy (non-hydrogen) atoms. The maximum absolute atomic E-state index is 12.3. The van der Waals surface area contributed by atoms with Gasteiger partial charge in [-0.05, 0) is 17.9 Å². The van der Waals surface area contributed by atoms with Crippen molar-refractivity contribution < 1.29 is 9.53 Å². The molecule has 5 heteroatoms. The average molecular weight is 318 g/mol. The average Bonchev–Trinajstić information content (AvgIpc) is 3.04. The summed E-state index contributed by atoms with van der Waals surface area (Å²) < 4.78 is 5.41. The van der Waals surface area contributed by atoms with Crippen LogP contribution >= 0.6 is 11.3 Å². The van der Waals surface area contributed by atoms with Crippen molar-refractivity contribution in [2.24, 2.45) is 5.92 Å². The quantitative estimate of drug-likeness (QED) is 0.787. The second kappa shape index (κ2) is 7.94. The Morgan fingerprint density at radius 1 is 1.32 bits per heavy atom. The van der Waals surface area contributed by atoms with Crippen LogP contribution in [0.4, 0.5) is 4.79 Å². The molecule has 1 unspecified atom stereocenters. The number of carbonyl (C=O) groups is 1. The lowest BCUT2D eigenvalue weighted by atomic mass is 10.0. The fraction of sp³-hybridized carbons (Fsp3) is 0.412. The highest BCUT2D eigenvalue weighted by Gasteiger charge is 2.25. The van der Waals surface area contributed by atoms with E-state index >= 15 is 0 Å². The number of benzene rings is 1. The molecule has 1 atom stereocenters. The van der Waals surface area contributed by atoms with Crippen LogP contribution in [0.3, 0.4) is 0 Å². The number of hydrogen-bond acceptors (Lipinski definition) is 4. The van der Waals surface area contributed by atoms with Crippen LogP contribution in [0.15, 0.2) is 41.9 Å². The van der Waals surface area contributed by atoms with Gasteiger partial charge in [-0.15, -0.1) is 11.3 Å². The van der Waals surface area contributed by atoms with E-state index in [1.165, 1.54) is 0 Å². The van der Waals surface area contributed by atoms with E-state index < -0.39 is 0 Å². The third-order valence-electron chi connectivity index (χ3n) is 3.39. The van der Waals surface area contributed by atoms with E-state index in [0.717, 1.165) is 17.0 Å². The van der Waals surface area contributed by atoms with Gasteiger partial charge in [-0.1, -0.05) is 44.2 Å². The predicted octanol–water partition coefficient (Wildman–Crippen LogP) is 4.50. The number of nitrogens with zero attached hydrogens (tertiary/aromatic N) is 2. The van der Waals surface area contributed by atoms with Crippen LogP contribution in [0, 0.1) is 5.92 Å². The minimum atomic E-state index is -0.315. The van der Waals surface area contributed by atoms with Gasteiger partial charge in [0.05, 0.1) is 6.04 Å². The Balaban J connectivity index is 2.00. The van der Waals surface area contributed by atoms with Crippen LogP contribution < -0.4 is 0 Å². The Morgan fingerprint density at radius 3 is 2.64 bits per heavy atom. The lowest BCUT2D eigenvalue weighted by Gasteiger charge is -2.27. The first kappa shape index (κ1) is 16.5. The molecule has 0 aliphatic carbocycles. The van der Waals surface area contributed by atoms with Crippen LogP contribution in [0.1, 0.15) is 36.9 Å². The maximum atomic E-state index is 12.3. The second-order valence-electron chi connectivity index (χ2n) is 5.67. The lowest BCUT2D eigenvalue weighted by molar-refractivity contribution is 0.0868. The Bertz CT molecular complexity index is 570. The van der Waals surface area contributed by atoms with Gasteiger partial charge in [0.25, 0.3) is 0 Å². The summed E-state index contributed by atoms with van der Waals surface area (Å²) in [6.45, 7) is 4.57. The molecule has 0 bridgehead atoms. The highest BCUT2D eigenvalue weighted by molar-refractivity contribution is 7.09. The first-order chi connectivity index (χ1) is 10.6. The lowest BCUT2D eigenvalue weighted by Crippen LogP contribution is -2.32. The van der Waals surface area contributed by atoms with Crippen LogP contribution in [0.2, 0.25) is 0 Å². The second-order valence-corrected chi connectivity index (χ2v) is 6.59. The smallest absolute Gasteiger partial charge is 0.410 e. The zero-order valence-corrected chi connectivity index (χ0v) is 14.0. The molecule has 1 amide bonds. The highest BCUT2D eigenvalue weighted by Crippen LogP contribution is 2.28. The third-order valence-corrected chi connectivity index (χ3v) is 4.27. The van der Waals surface area contributed by atoms with E-state index in [4.69, 9.17) is 4.74 Å². The fourth-order valence-corrected chi connectivity index (χ4v) is 3.01. The fourth-order valence-electron chi connectivity index (χ4n) is 2.22. The zero-order valence-electron chi connectivity index (χ0n) is 13.2. The molecule has 0 spiro atoms. The Labute approximate surface area is 135 Å². The molecule has 0 N–H and O–H groups in total. The SMILES string of the molecule is CC(C)CC(c1nccs1)N(C)C(=O)OCc1ccccc1. The van der Waals surface area contributed by atoms with Crippen molar-refractivity contribution >= 4 is 17.4 Å². The monoisotopic (exact) mass is 318 g/mol. The van der Waals surface area contributed by atoms with Crippen molar-refractivity contribution in [2.45, 2.75) is 32.9 Å². The molecular weight excluding hydrogens is 296 g/mol. The molecule has 0 aliphatic rings. The normalized spacial score (nSPS) is 12.2. The van der Waals surface area contributed by atoms with E-state index in [1.54, 1.807) is 29.5 Å². The summed E-state index contributed by atoms with van der Waals surface area (Å²) in [4.78, 5) is 18.3. The standard InChI is InChI=1S/C17H22N2O2S/c1-13(2)11-15(16-18-9-10-22-16)19(3)17(20)21-12-14-7-5-4-6-8-14/h4-10,13,15H,11-12H2,1-3H3. The molecule has 1 aromatic carbocycles. The first-order valence-electron chi connectivity index (χ1n) is 7.41. The van der Waals surface area contributed by atoms with Gasteiger partial charge in [0, 0.05) is 18.6 Å².